The summed E-state index contributed by atoms with van der Waals surface area (Å²) in [6.07, 6.45) is 2.45. The molecule has 0 saturated heterocycles. The van der Waals surface area contributed by atoms with Crippen LogP contribution >= 0.6 is 11.6 Å². The van der Waals surface area contributed by atoms with Crippen LogP contribution in [0.2, 0.25) is 5.02 Å². The van der Waals surface area contributed by atoms with Crippen LogP contribution in [0.15, 0.2) is 24.3 Å². The Hall–Kier alpha value is -1.06. The van der Waals surface area contributed by atoms with Crippen LogP contribution in [0, 0.1) is 11.8 Å². The van der Waals surface area contributed by atoms with Crippen molar-refractivity contribution < 1.29 is 9.90 Å². The van der Waals surface area contributed by atoms with Crippen molar-refractivity contribution in [2.45, 2.75) is 26.2 Å². The molecule has 0 amide bonds. The Morgan fingerprint density at radius 1 is 1.33 bits per heavy atom. The van der Waals surface area contributed by atoms with Gasteiger partial charge in [-0.2, -0.15) is 0 Å². The predicted molar refractivity (Wildman–Crippen MR) is 73.7 cm³/mol. The van der Waals surface area contributed by atoms with Crippen LogP contribution in [-0.4, -0.2) is 17.6 Å². The molecule has 18 heavy (non-hydrogen) atoms. The summed E-state index contributed by atoms with van der Waals surface area (Å²) >= 11 is 5.83. The predicted octanol–water partition coefficient (Wildman–Crippen LogP) is 2.96. The van der Waals surface area contributed by atoms with E-state index in [1.54, 1.807) is 0 Å². The van der Waals surface area contributed by atoms with Gasteiger partial charge in [-0.15, -0.1) is 0 Å². The Bertz CT molecular complexity index is 378. The number of halogens is 1. The average molecular weight is 270 g/mol. The van der Waals surface area contributed by atoms with Gasteiger partial charge in [0.1, 0.15) is 0 Å². The summed E-state index contributed by atoms with van der Waals surface area (Å²) in [5.74, 6) is -0.770. The molecule has 0 aromatic heterocycles. The first kappa shape index (κ1) is 15.0. The monoisotopic (exact) mass is 269 g/mol. The Morgan fingerprint density at radius 2 is 1.94 bits per heavy atom. The molecule has 3 N–H and O–H groups in total. The fourth-order valence-corrected chi connectivity index (χ4v) is 2.08. The van der Waals surface area contributed by atoms with E-state index < -0.39 is 11.9 Å². The summed E-state index contributed by atoms with van der Waals surface area (Å²) in [5.41, 5.74) is 6.66. The topological polar surface area (TPSA) is 63.3 Å². The van der Waals surface area contributed by atoms with Crippen LogP contribution < -0.4 is 5.73 Å². The second-order valence-electron chi connectivity index (χ2n) is 4.78. The molecule has 2 unspecified atom stereocenters. The van der Waals surface area contributed by atoms with Crippen molar-refractivity contribution in [2.75, 3.05) is 6.54 Å². The quantitative estimate of drug-likeness (QED) is 0.800. The van der Waals surface area contributed by atoms with Crippen molar-refractivity contribution in [1.29, 1.82) is 0 Å². The lowest BCUT2D eigenvalue weighted by Crippen LogP contribution is -2.23. The third-order valence-electron chi connectivity index (χ3n) is 3.14. The molecule has 0 spiro atoms. The molecule has 1 rings (SSSR count). The number of rotatable bonds is 7. The van der Waals surface area contributed by atoms with Crippen molar-refractivity contribution in [1.82, 2.24) is 0 Å². The molecule has 0 aliphatic heterocycles. The average Bonchev–Trinajstić information content (AvgIpc) is 2.32. The summed E-state index contributed by atoms with van der Waals surface area (Å²) in [7, 11) is 0. The molecule has 0 radical (unpaired) electrons. The highest BCUT2D eigenvalue weighted by Crippen LogP contribution is 2.18. The SMILES string of the molecule is CC(CCC(CN)C(=O)O)Cc1ccc(Cl)cc1. The molecule has 0 fully saturated rings. The lowest BCUT2D eigenvalue weighted by molar-refractivity contribution is -0.141. The van der Waals surface area contributed by atoms with Gasteiger partial charge in [0.2, 0.25) is 0 Å². The lowest BCUT2D eigenvalue weighted by atomic mass is 9.92. The van der Waals surface area contributed by atoms with Crippen molar-refractivity contribution in [3.63, 3.8) is 0 Å². The maximum absolute atomic E-state index is 10.8. The second-order valence-corrected chi connectivity index (χ2v) is 5.22. The summed E-state index contributed by atoms with van der Waals surface area (Å²) in [4.78, 5) is 10.8. The van der Waals surface area contributed by atoms with Gasteiger partial charge in [0.15, 0.2) is 0 Å². The van der Waals surface area contributed by atoms with Gasteiger partial charge >= 0.3 is 5.97 Å². The van der Waals surface area contributed by atoms with Crippen molar-refractivity contribution in [3.8, 4) is 0 Å². The van der Waals surface area contributed by atoms with E-state index in [0.717, 1.165) is 17.9 Å². The molecule has 1 aromatic rings. The third kappa shape index (κ3) is 5.07. The lowest BCUT2D eigenvalue weighted by Gasteiger charge is -2.14. The number of carboxylic acid groups (broad SMARTS) is 1. The second kappa shape index (κ2) is 7.39. The minimum atomic E-state index is -0.795. The smallest absolute Gasteiger partial charge is 0.307 e. The molecule has 0 bridgehead atoms. The zero-order chi connectivity index (χ0) is 13.5. The number of nitrogens with two attached hydrogens (primary N) is 1. The molecule has 100 valence electrons. The number of carbonyl (C=O) groups is 1. The van der Waals surface area contributed by atoms with E-state index in [4.69, 9.17) is 22.4 Å². The molecule has 0 heterocycles. The van der Waals surface area contributed by atoms with Crippen molar-refractivity contribution in [3.05, 3.63) is 34.9 Å². The normalized spacial score (nSPS) is 14.2. The molecule has 0 saturated carbocycles. The summed E-state index contributed by atoms with van der Waals surface area (Å²) in [6.45, 7) is 2.34. The van der Waals surface area contributed by atoms with Gasteiger partial charge in [-0.05, 0) is 42.9 Å². The minimum absolute atomic E-state index is 0.211. The Labute approximate surface area is 113 Å². The molecule has 1 aromatic carbocycles. The molecule has 0 aliphatic carbocycles. The van der Waals surface area contributed by atoms with Crippen LogP contribution in [-0.2, 0) is 11.2 Å². The van der Waals surface area contributed by atoms with Gasteiger partial charge in [0.25, 0.3) is 0 Å². The summed E-state index contributed by atoms with van der Waals surface area (Å²) in [6, 6.07) is 7.78. The van der Waals surface area contributed by atoms with E-state index in [1.807, 2.05) is 24.3 Å². The van der Waals surface area contributed by atoms with Gasteiger partial charge in [0, 0.05) is 11.6 Å². The molecular weight excluding hydrogens is 250 g/mol. The van der Waals surface area contributed by atoms with Gasteiger partial charge in [-0.1, -0.05) is 30.7 Å². The van der Waals surface area contributed by atoms with Crippen LogP contribution in [0.5, 0.6) is 0 Å². The van der Waals surface area contributed by atoms with Crippen LogP contribution in [0.25, 0.3) is 0 Å². The maximum atomic E-state index is 10.8. The van der Waals surface area contributed by atoms with Crippen LogP contribution in [0.3, 0.4) is 0 Å². The fraction of sp³-hybridized carbons (Fsp3) is 0.500. The van der Waals surface area contributed by atoms with E-state index in [1.165, 1.54) is 5.56 Å². The first-order valence-corrected chi connectivity index (χ1v) is 6.58. The first-order valence-electron chi connectivity index (χ1n) is 6.20. The van der Waals surface area contributed by atoms with E-state index >= 15 is 0 Å². The van der Waals surface area contributed by atoms with Gasteiger partial charge in [-0.3, -0.25) is 4.79 Å². The van der Waals surface area contributed by atoms with Gasteiger partial charge < -0.3 is 10.8 Å². The maximum Gasteiger partial charge on any atom is 0.307 e. The summed E-state index contributed by atoms with van der Waals surface area (Å²) < 4.78 is 0. The number of carboxylic acids is 1. The Kier molecular flexibility index (Phi) is 6.16. The highest BCUT2D eigenvalue weighted by molar-refractivity contribution is 6.30. The van der Waals surface area contributed by atoms with E-state index in [2.05, 4.69) is 6.92 Å². The molecule has 0 aliphatic rings. The van der Waals surface area contributed by atoms with Crippen molar-refractivity contribution >= 4 is 17.6 Å². The molecule has 3 nitrogen and oxygen atoms in total. The Morgan fingerprint density at radius 3 is 2.44 bits per heavy atom. The van der Waals surface area contributed by atoms with Crippen LogP contribution in [0.4, 0.5) is 0 Å². The van der Waals surface area contributed by atoms with Gasteiger partial charge in [0.05, 0.1) is 5.92 Å². The zero-order valence-corrected chi connectivity index (χ0v) is 11.4. The Balaban J connectivity index is 2.39. The third-order valence-corrected chi connectivity index (χ3v) is 3.39. The van der Waals surface area contributed by atoms with E-state index in [0.29, 0.717) is 12.3 Å². The first-order chi connectivity index (χ1) is 8.52. The molecular formula is C14H20ClNO2. The van der Waals surface area contributed by atoms with Crippen molar-refractivity contribution in [2.24, 2.45) is 17.6 Å². The summed E-state index contributed by atoms with van der Waals surface area (Å²) in [5, 5.41) is 9.65. The highest BCUT2D eigenvalue weighted by Gasteiger charge is 2.16. The number of hydrogen-bond donors (Lipinski definition) is 2. The van der Waals surface area contributed by atoms with Crippen LogP contribution in [0.1, 0.15) is 25.3 Å². The van der Waals surface area contributed by atoms with E-state index in [9.17, 15) is 4.79 Å². The van der Waals surface area contributed by atoms with Gasteiger partial charge in [-0.25, -0.2) is 0 Å². The zero-order valence-electron chi connectivity index (χ0n) is 10.6. The number of benzene rings is 1. The highest BCUT2D eigenvalue weighted by atomic mass is 35.5. The fourth-order valence-electron chi connectivity index (χ4n) is 1.95. The largest absolute Gasteiger partial charge is 0.481 e. The van der Waals surface area contributed by atoms with E-state index in [-0.39, 0.29) is 6.54 Å². The molecule has 2 atom stereocenters. The molecule has 4 heteroatoms. The standard InChI is InChI=1S/C14H20ClNO2/c1-10(2-5-12(9-16)14(17)18)8-11-3-6-13(15)7-4-11/h3-4,6-7,10,12H,2,5,8-9,16H2,1H3,(H,17,18). The minimum Gasteiger partial charge on any atom is -0.481 e. The number of hydrogen-bond acceptors (Lipinski definition) is 2. The number of aliphatic carboxylic acids is 1.